The second-order valence-corrected chi connectivity index (χ2v) is 4.51. The lowest BCUT2D eigenvalue weighted by atomic mass is 10.3. The Kier molecular flexibility index (Phi) is 3.32. The minimum absolute atomic E-state index is 0.275. The van der Waals surface area contributed by atoms with Crippen molar-refractivity contribution in [2.75, 3.05) is 31.1 Å². The molecular weight excluding hydrogens is 292 g/mol. The standard InChI is InChI=1S/C9H11BrN4O3/c10-6-5-11-12-8(15)7(6)13-1-3-14(4-2-13)9(16)17/h5H,1-4H2,(H,12,15)(H,16,17). The second-order valence-electron chi connectivity index (χ2n) is 3.65. The van der Waals surface area contributed by atoms with Gasteiger partial charge in [0.2, 0.25) is 0 Å². The lowest BCUT2D eigenvalue weighted by Gasteiger charge is -2.34. The molecule has 1 fully saturated rings. The molecule has 17 heavy (non-hydrogen) atoms. The summed E-state index contributed by atoms with van der Waals surface area (Å²) in [6, 6.07) is 0. The first-order chi connectivity index (χ1) is 8.09. The number of rotatable bonds is 1. The Hall–Kier alpha value is -1.57. The van der Waals surface area contributed by atoms with Crippen LogP contribution in [0.3, 0.4) is 0 Å². The van der Waals surface area contributed by atoms with E-state index in [2.05, 4.69) is 26.1 Å². The van der Waals surface area contributed by atoms with Crippen molar-refractivity contribution in [1.82, 2.24) is 15.1 Å². The highest BCUT2D eigenvalue weighted by molar-refractivity contribution is 9.10. The molecule has 92 valence electrons. The number of aromatic nitrogens is 2. The Morgan fingerprint density at radius 2 is 2.06 bits per heavy atom. The van der Waals surface area contributed by atoms with Crippen LogP contribution in [0.15, 0.2) is 15.5 Å². The van der Waals surface area contributed by atoms with E-state index in [-0.39, 0.29) is 5.56 Å². The van der Waals surface area contributed by atoms with Gasteiger partial charge in [-0.1, -0.05) is 0 Å². The van der Waals surface area contributed by atoms with Crippen molar-refractivity contribution < 1.29 is 9.90 Å². The van der Waals surface area contributed by atoms with Gasteiger partial charge in [-0.15, -0.1) is 0 Å². The first-order valence-electron chi connectivity index (χ1n) is 5.05. The van der Waals surface area contributed by atoms with Gasteiger partial charge < -0.3 is 14.9 Å². The van der Waals surface area contributed by atoms with E-state index in [9.17, 15) is 9.59 Å². The van der Waals surface area contributed by atoms with E-state index in [1.165, 1.54) is 11.1 Å². The van der Waals surface area contributed by atoms with Gasteiger partial charge in [-0.2, -0.15) is 5.10 Å². The maximum atomic E-state index is 11.6. The third-order valence-corrected chi connectivity index (χ3v) is 3.23. The minimum Gasteiger partial charge on any atom is -0.465 e. The Labute approximate surface area is 105 Å². The van der Waals surface area contributed by atoms with Crippen molar-refractivity contribution in [2.45, 2.75) is 0 Å². The van der Waals surface area contributed by atoms with Gasteiger partial charge in [0, 0.05) is 26.2 Å². The molecule has 1 amide bonds. The SMILES string of the molecule is O=C(O)N1CCN(c2c(Br)cn[nH]c2=O)CC1. The van der Waals surface area contributed by atoms with Gasteiger partial charge in [-0.05, 0) is 15.9 Å². The zero-order chi connectivity index (χ0) is 12.4. The summed E-state index contributed by atoms with van der Waals surface area (Å²) in [6.45, 7) is 1.78. The molecule has 1 aliphatic heterocycles. The van der Waals surface area contributed by atoms with Gasteiger partial charge in [0.05, 0.1) is 10.7 Å². The van der Waals surface area contributed by atoms with Crippen LogP contribution in [0.5, 0.6) is 0 Å². The smallest absolute Gasteiger partial charge is 0.407 e. The monoisotopic (exact) mass is 302 g/mol. The van der Waals surface area contributed by atoms with Crippen molar-refractivity contribution >= 4 is 27.7 Å². The number of hydrogen-bond donors (Lipinski definition) is 2. The normalized spacial score (nSPS) is 16.1. The number of piperazine rings is 1. The third kappa shape index (κ3) is 2.41. The molecule has 0 aromatic carbocycles. The maximum absolute atomic E-state index is 11.6. The Balaban J connectivity index is 2.16. The summed E-state index contributed by atoms with van der Waals surface area (Å²) in [6.07, 6.45) is 0.590. The summed E-state index contributed by atoms with van der Waals surface area (Å²) >= 11 is 3.27. The van der Waals surface area contributed by atoms with Gasteiger partial charge in [0.1, 0.15) is 5.69 Å². The van der Waals surface area contributed by atoms with Crippen LogP contribution < -0.4 is 10.5 Å². The molecule has 0 saturated carbocycles. The molecule has 8 heteroatoms. The predicted molar refractivity (Wildman–Crippen MR) is 64.4 cm³/mol. The van der Waals surface area contributed by atoms with Gasteiger partial charge in [0.15, 0.2) is 0 Å². The molecule has 0 spiro atoms. The number of carboxylic acid groups (broad SMARTS) is 1. The quantitative estimate of drug-likeness (QED) is 0.780. The summed E-state index contributed by atoms with van der Waals surface area (Å²) in [5.41, 5.74) is 0.230. The predicted octanol–water partition coefficient (Wildman–Crippen LogP) is 0.332. The molecule has 1 saturated heterocycles. The molecule has 0 radical (unpaired) electrons. The number of hydrogen-bond acceptors (Lipinski definition) is 4. The van der Waals surface area contributed by atoms with Crippen LogP contribution >= 0.6 is 15.9 Å². The first kappa shape index (κ1) is 11.9. The van der Waals surface area contributed by atoms with E-state index in [0.29, 0.717) is 36.3 Å². The molecular formula is C9H11BrN4O3. The van der Waals surface area contributed by atoms with E-state index >= 15 is 0 Å². The highest BCUT2D eigenvalue weighted by Gasteiger charge is 2.23. The molecule has 0 unspecified atom stereocenters. The first-order valence-corrected chi connectivity index (χ1v) is 5.85. The fraction of sp³-hybridized carbons (Fsp3) is 0.444. The number of amides is 1. The summed E-state index contributed by atoms with van der Waals surface area (Å²) in [7, 11) is 0. The van der Waals surface area contributed by atoms with Crippen LogP contribution in [0.25, 0.3) is 0 Å². The number of H-pyrrole nitrogens is 1. The van der Waals surface area contributed by atoms with Crippen LogP contribution in [0.4, 0.5) is 10.5 Å². The van der Waals surface area contributed by atoms with Gasteiger partial charge in [0.25, 0.3) is 5.56 Å². The van der Waals surface area contributed by atoms with Crippen LogP contribution in [0, 0.1) is 0 Å². The van der Waals surface area contributed by atoms with Crippen LogP contribution in [-0.2, 0) is 0 Å². The molecule has 0 atom stereocenters. The number of anilines is 1. The fourth-order valence-electron chi connectivity index (χ4n) is 1.79. The summed E-state index contributed by atoms with van der Waals surface area (Å²) in [4.78, 5) is 25.6. The molecule has 2 heterocycles. The number of halogens is 1. The highest BCUT2D eigenvalue weighted by Crippen LogP contribution is 2.21. The summed E-state index contributed by atoms with van der Waals surface area (Å²) in [5, 5.41) is 14.9. The Bertz CT molecular complexity index is 481. The van der Waals surface area contributed by atoms with Crippen molar-refractivity contribution in [3.05, 3.63) is 21.0 Å². The zero-order valence-corrected chi connectivity index (χ0v) is 10.5. The molecule has 1 aromatic heterocycles. The van der Waals surface area contributed by atoms with Gasteiger partial charge >= 0.3 is 6.09 Å². The van der Waals surface area contributed by atoms with Crippen molar-refractivity contribution in [3.8, 4) is 0 Å². The third-order valence-electron chi connectivity index (χ3n) is 2.65. The molecule has 2 rings (SSSR count). The number of carbonyl (C=O) groups is 1. The average Bonchev–Trinajstić information content (AvgIpc) is 2.29. The zero-order valence-electron chi connectivity index (χ0n) is 8.89. The van der Waals surface area contributed by atoms with Crippen molar-refractivity contribution in [2.24, 2.45) is 0 Å². The van der Waals surface area contributed by atoms with E-state index in [1.807, 2.05) is 4.90 Å². The minimum atomic E-state index is -0.924. The Morgan fingerprint density at radius 3 is 2.59 bits per heavy atom. The molecule has 2 N–H and O–H groups in total. The molecule has 1 aromatic rings. The molecule has 7 nitrogen and oxygen atoms in total. The van der Waals surface area contributed by atoms with Gasteiger partial charge in [-0.3, -0.25) is 4.79 Å². The lowest BCUT2D eigenvalue weighted by Crippen LogP contribution is -2.49. The van der Waals surface area contributed by atoms with E-state index in [1.54, 1.807) is 0 Å². The van der Waals surface area contributed by atoms with Crippen LogP contribution in [0.2, 0.25) is 0 Å². The molecule has 0 bridgehead atoms. The van der Waals surface area contributed by atoms with E-state index in [4.69, 9.17) is 5.11 Å². The lowest BCUT2D eigenvalue weighted by molar-refractivity contribution is 0.142. The number of aromatic amines is 1. The van der Waals surface area contributed by atoms with Gasteiger partial charge in [-0.25, -0.2) is 9.89 Å². The number of nitrogens with one attached hydrogen (secondary N) is 1. The second kappa shape index (κ2) is 4.74. The summed E-state index contributed by atoms with van der Waals surface area (Å²) in [5.74, 6) is 0. The molecule has 1 aliphatic rings. The topological polar surface area (TPSA) is 89.5 Å². The maximum Gasteiger partial charge on any atom is 0.407 e. The van der Waals surface area contributed by atoms with Crippen molar-refractivity contribution in [1.29, 1.82) is 0 Å². The molecule has 0 aliphatic carbocycles. The van der Waals surface area contributed by atoms with Crippen molar-refractivity contribution in [3.63, 3.8) is 0 Å². The average molecular weight is 303 g/mol. The highest BCUT2D eigenvalue weighted by atomic mass is 79.9. The van der Waals surface area contributed by atoms with E-state index < -0.39 is 6.09 Å². The largest absolute Gasteiger partial charge is 0.465 e. The van der Waals surface area contributed by atoms with Crippen LogP contribution in [0.1, 0.15) is 0 Å². The Morgan fingerprint density at radius 1 is 1.41 bits per heavy atom. The fourth-order valence-corrected chi connectivity index (χ4v) is 2.32. The van der Waals surface area contributed by atoms with E-state index in [0.717, 1.165) is 0 Å². The summed E-state index contributed by atoms with van der Waals surface area (Å²) < 4.78 is 0.616. The number of nitrogens with zero attached hydrogens (tertiary/aromatic N) is 3. The van der Waals surface area contributed by atoms with Crippen LogP contribution in [-0.4, -0.2) is 52.5 Å².